The minimum atomic E-state index is -1.43. The highest BCUT2D eigenvalue weighted by atomic mass is 19.1. The van der Waals surface area contributed by atoms with Crippen LogP contribution in [-0.2, 0) is 4.74 Å². The average Bonchev–Trinajstić information content (AvgIpc) is 2.60. The van der Waals surface area contributed by atoms with Crippen molar-refractivity contribution < 1.29 is 14.2 Å². The Kier molecular flexibility index (Phi) is 3.60. The minimum Gasteiger partial charge on any atom is -0.385 e. The van der Waals surface area contributed by atoms with Gasteiger partial charge in [0.1, 0.15) is 17.9 Å². The van der Waals surface area contributed by atoms with E-state index in [1.165, 1.54) is 13.1 Å². The number of alkyl halides is 1. The van der Waals surface area contributed by atoms with E-state index in [0.29, 0.717) is 6.42 Å². The third-order valence-corrected chi connectivity index (χ3v) is 4.44. The molecule has 1 aromatic heterocycles. The molecule has 1 aliphatic rings. The number of H-pyrrole nitrogens is 1. The lowest BCUT2D eigenvalue weighted by molar-refractivity contribution is -0.120. The summed E-state index contributed by atoms with van der Waals surface area (Å²) in [6, 6.07) is 1.16. The molecule has 2 rings (SSSR count). The first-order valence-corrected chi connectivity index (χ1v) is 6.56. The van der Waals surface area contributed by atoms with E-state index in [1.807, 2.05) is 0 Å². The van der Waals surface area contributed by atoms with Crippen LogP contribution >= 0.6 is 0 Å². The first-order valence-electron chi connectivity index (χ1n) is 6.56. The van der Waals surface area contributed by atoms with E-state index in [1.54, 1.807) is 13.8 Å². The normalized spacial score (nSPS) is 37.2. The molecule has 0 aliphatic carbocycles. The number of hydrogen-bond acceptors (Lipinski definition) is 4. The molecule has 1 aliphatic heterocycles. The molecule has 0 bridgehead atoms. The van der Waals surface area contributed by atoms with E-state index < -0.39 is 41.3 Å². The quantitative estimate of drug-likeness (QED) is 0.851. The van der Waals surface area contributed by atoms with E-state index in [4.69, 9.17) is 4.74 Å². The lowest BCUT2D eigenvalue weighted by Gasteiger charge is -2.31. The van der Waals surface area contributed by atoms with Crippen molar-refractivity contribution in [2.24, 2.45) is 5.92 Å². The van der Waals surface area contributed by atoms with E-state index in [2.05, 4.69) is 4.98 Å². The first kappa shape index (κ1) is 14.9. The largest absolute Gasteiger partial charge is 0.385 e. The number of hydrogen-bond donors (Lipinski definition) is 2. The molecule has 0 unspecified atom stereocenters. The lowest BCUT2D eigenvalue weighted by atomic mass is 9.79. The van der Waals surface area contributed by atoms with Gasteiger partial charge in [-0.3, -0.25) is 14.3 Å². The highest BCUT2D eigenvalue weighted by molar-refractivity contribution is 5.05. The molecule has 0 spiro atoms. The van der Waals surface area contributed by atoms with Crippen LogP contribution in [-0.4, -0.2) is 32.5 Å². The van der Waals surface area contributed by atoms with Crippen molar-refractivity contribution in [3.8, 4) is 0 Å². The third kappa shape index (κ3) is 2.01. The van der Waals surface area contributed by atoms with Crippen molar-refractivity contribution in [3.63, 3.8) is 0 Å². The molecule has 4 atom stereocenters. The van der Waals surface area contributed by atoms with Crippen molar-refractivity contribution in [2.45, 2.75) is 44.6 Å². The molecule has 0 amide bonds. The first-order chi connectivity index (χ1) is 9.28. The van der Waals surface area contributed by atoms with Gasteiger partial charge in [0.2, 0.25) is 0 Å². The zero-order chi connectivity index (χ0) is 15.1. The van der Waals surface area contributed by atoms with Crippen LogP contribution in [0.3, 0.4) is 0 Å². The monoisotopic (exact) mass is 286 g/mol. The summed E-state index contributed by atoms with van der Waals surface area (Å²) in [5.41, 5.74) is -3.79. The number of rotatable bonds is 3. The molecule has 1 saturated heterocycles. The smallest absolute Gasteiger partial charge is 0.330 e. The van der Waals surface area contributed by atoms with Crippen LogP contribution in [0.2, 0.25) is 0 Å². The molecule has 0 aromatic carbocycles. The molecule has 6 nitrogen and oxygen atoms in total. The van der Waals surface area contributed by atoms with Gasteiger partial charge < -0.3 is 9.84 Å². The number of nitrogens with one attached hydrogen (secondary N) is 1. The Morgan fingerprint density at radius 1 is 1.55 bits per heavy atom. The standard InChI is InChI=1S/C13H19FN2O4/c1-4-13(7-14)8(2)12(3,19)10(20-13)16-6-5-9(17)15-11(16)18/h5-6,8,10,19H,4,7H2,1-3H3,(H,15,17,18)/t8-,10+,12+,13-/m0/s1. The van der Waals surface area contributed by atoms with Crippen LogP contribution in [0.5, 0.6) is 0 Å². The van der Waals surface area contributed by atoms with Crippen molar-refractivity contribution in [1.82, 2.24) is 9.55 Å². The highest BCUT2D eigenvalue weighted by Crippen LogP contribution is 2.49. The van der Waals surface area contributed by atoms with Gasteiger partial charge in [0.05, 0.1) is 0 Å². The minimum absolute atomic E-state index is 0.370. The predicted molar refractivity (Wildman–Crippen MR) is 70.2 cm³/mol. The molecule has 112 valence electrons. The maximum atomic E-state index is 13.4. The molecule has 1 aromatic rings. The van der Waals surface area contributed by atoms with Gasteiger partial charge in [0.15, 0.2) is 6.23 Å². The van der Waals surface area contributed by atoms with Crippen molar-refractivity contribution in [1.29, 1.82) is 0 Å². The fraction of sp³-hybridized carbons (Fsp3) is 0.692. The summed E-state index contributed by atoms with van der Waals surface area (Å²) in [6.45, 7) is 4.21. The Labute approximate surface area is 115 Å². The maximum Gasteiger partial charge on any atom is 0.330 e. The summed E-state index contributed by atoms with van der Waals surface area (Å²) in [5.74, 6) is -0.506. The van der Waals surface area contributed by atoms with E-state index in [-0.39, 0.29) is 0 Å². The molecule has 20 heavy (non-hydrogen) atoms. The van der Waals surface area contributed by atoms with Crippen molar-refractivity contribution in [3.05, 3.63) is 33.1 Å². The second-order valence-corrected chi connectivity index (χ2v) is 5.49. The Morgan fingerprint density at radius 3 is 2.65 bits per heavy atom. The highest BCUT2D eigenvalue weighted by Gasteiger charge is 2.59. The van der Waals surface area contributed by atoms with E-state index >= 15 is 0 Å². The zero-order valence-electron chi connectivity index (χ0n) is 11.7. The summed E-state index contributed by atoms with van der Waals surface area (Å²) >= 11 is 0. The number of nitrogens with zero attached hydrogens (tertiary/aromatic N) is 1. The van der Waals surface area contributed by atoms with Crippen LogP contribution in [0.15, 0.2) is 21.9 Å². The van der Waals surface area contributed by atoms with E-state index in [0.717, 1.165) is 10.6 Å². The molecular formula is C13H19FN2O4. The number of aliphatic hydroxyl groups is 1. The zero-order valence-corrected chi connectivity index (χ0v) is 11.7. The maximum absolute atomic E-state index is 13.4. The Bertz CT molecular complexity index is 603. The molecule has 0 saturated carbocycles. The number of halogens is 1. The van der Waals surface area contributed by atoms with Gasteiger partial charge in [-0.25, -0.2) is 9.18 Å². The summed E-state index contributed by atoms with van der Waals surface area (Å²) in [7, 11) is 0. The molecule has 1 fully saturated rings. The Balaban J connectivity index is 2.52. The van der Waals surface area contributed by atoms with Crippen LogP contribution in [0, 0.1) is 5.92 Å². The van der Waals surface area contributed by atoms with Gasteiger partial charge in [0, 0.05) is 18.2 Å². The van der Waals surface area contributed by atoms with Crippen LogP contribution in [0.1, 0.15) is 33.4 Å². The van der Waals surface area contributed by atoms with Crippen molar-refractivity contribution >= 4 is 0 Å². The summed E-state index contributed by atoms with van der Waals surface area (Å²) in [6.07, 6.45) is 0.574. The second-order valence-electron chi connectivity index (χ2n) is 5.49. The summed E-state index contributed by atoms with van der Waals surface area (Å²) < 4.78 is 20.2. The fourth-order valence-corrected chi connectivity index (χ4v) is 2.77. The number of ether oxygens (including phenoxy) is 1. The fourth-order valence-electron chi connectivity index (χ4n) is 2.77. The lowest BCUT2D eigenvalue weighted by Crippen LogP contribution is -2.44. The van der Waals surface area contributed by atoms with E-state index in [9.17, 15) is 19.1 Å². The van der Waals surface area contributed by atoms with Crippen LogP contribution < -0.4 is 11.2 Å². The Morgan fingerprint density at radius 2 is 2.20 bits per heavy atom. The average molecular weight is 286 g/mol. The molecule has 2 heterocycles. The van der Waals surface area contributed by atoms with Gasteiger partial charge >= 0.3 is 5.69 Å². The summed E-state index contributed by atoms with van der Waals surface area (Å²) in [5, 5.41) is 10.6. The SMILES string of the molecule is CC[C@@]1(CF)O[C@@H](n2ccc(=O)[nH]c2=O)[C@](C)(O)[C@@H]1C. The third-order valence-electron chi connectivity index (χ3n) is 4.44. The van der Waals surface area contributed by atoms with Crippen LogP contribution in [0.4, 0.5) is 4.39 Å². The number of aromatic amines is 1. The van der Waals surface area contributed by atoms with Crippen molar-refractivity contribution in [2.75, 3.05) is 6.67 Å². The van der Waals surface area contributed by atoms with Gasteiger partial charge in [-0.15, -0.1) is 0 Å². The Hall–Kier alpha value is -1.47. The molecular weight excluding hydrogens is 267 g/mol. The summed E-state index contributed by atoms with van der Waals surface area (Å²) in [4.78, 5) is 25.0. The van der Waals surface area contributed by atoms with Crippen LogP contribution in [0.25, 0.3) is 0 Å². The van der Waals surface area contributed by atoms with Gasteiger partial charge in [-0.1, -0.05) is 13.8 Å². The molecule has 7 heteroatoms. The second kappa shape index (κ2) is 4.82. The number of aromatic nitrogens is 2. The topological polar surface area (TPSA) is 84.3 Å². The van der Waals surface area contributed by atoms with Gasteiger partial charge in [-0.2, -0.15) is 0 Å². The molecule has 2 N–H and O–H groups in total. The molecule has 0 radical (unpaired) electrons. The van der Waals surface area contributed by atoms with Gasteiger partial charge in [0.25, 0.3) is 5.56 Å². The predicted octanol–water partition coefficient (Wildman–Crippen LogP) is 0.571. The van der Waals surface area contributed by atoms with Gasteiger partial charge in [-0.05, 0) is 13.3 Å².